The maximum Gasteiger partial charge on any atom is 0.148 e. The van der Waals surface area contributed by atoms with Crippen molar-refractivity contribution in [2.45, 2.75) is 25.3 Å². The Kier molecular flexibility index (Phi) is 1.87. The standard InChI is InChI=1S/C12H15FN2/c13-10-2-1-3-11(12(10)14)15-7-8-4-5-9(15)6-8/h1-3,8-9H,4-7,14H2. The van der Waals surface area contributed by atoms with Gasteiger partial charge in [-0.3, -0.25) is 0 Å². The maximum absolute atomic E-state index is 13.3. The molecule has 2 unspecified atom stereocenters. The highest BCUT2D eigenvalue weighted by Gasteiger charge is 2.38. The van der Waals surface area contributed by atoms with Crippen LogP contribution in [0, 0.1) is 11.7 Å². The van der Waals surface area contributed by atoms with E-state index in [4.69, 9.17) is 5.73 Å². The van der Waals surface area contributed by atoms with Crippen LogP contribution in [0.25, 0.3) is 0 Å². The molecule has 0 spiro atoms. The molecule has 2 N–H and O–H groups in total. The third-order valence-corrected chi connectivity index (χ3v) is 3.75. The fraction of sp³-hybridized carbons (Fsp3) is 0.500. The predicted molar refractivity (Wildman–Crippen MR) is 59.3 cm³/mol. The maximum atomic E-state index is 13.3. The number of hydrogen-bond donors (Lipinski definition) is 1. The Morgan fingerprint density at radius 2 is 2.20 bits per heavy atom. The summed E-state index contributed by atoms with van der Waals surface area (Å²) in [7, 11) is 0. The first-order chi connectivity index (χ1) is 7.25. The van der Waals surface area contributed by atoms with Crippen LogP contribution in [0.1, 0.15) is 19.3 Å². The Morgan fingerprint density at radius 3 is 2.87 bits per heavy atom. The van der Waals surface area contributed by atoms with Crippen LogP contribution in [0.15, 0.2) is 18.2 Å². The molecule has 15 heavy (non-hydrogen) atoms. The Hall–Kier alpha value is -1.25. The van der Waals surface area contributed by atoms with Crippen molar-refractivity contribution in [2.24, 2.45) is 5.92 Å². The molecule has 1 heterocycles. The molecule has 2 bridgehead atoms. The summed E-state index contributed by atoms with van der Waals surface area (Å²) in [5, 5.41) is 0. The first kappa shape index (κ1) is 9.01. The predicted octanol–water partition coefficient (Wildman–Crippen LogP) is 2.40. The molecule has 2 fully saturated rings. The van der Waals surface area contributed by atoms with Crippen LogP contribution < -0.4 is 10.6 Å². The molecule has 1 saturated carbocycles. The van der Waals surface area contributed by atoms with Gasteiger partial charge in [0.1, 0.15) is 5.82 Å². The molecule has 0 aromatic heterocycles. The SMILES string of the molecule is Nc1c(F)cccc1N1CC2CCC1C2. The van der Waals surface area contributed by atoms with E-state index in [2.05, 4.69) is 4.90 Å². The van der Waals surface area contributed by atoms with E-state index in [9.17, 15) is 4.39 Å². The highest BCUT2D eigenvalue weighted by atomic mass is 19.1. The molecule has 1 aliphatic heterocycles. The van der Waals surface area contributed by atoms with E-state index in [0.717, 1.165) is 18.2 Å². The first-order valence-corrected chi connectivity index (χ1v) is 5.56. The number of benzene rings is 1. The zero-order valence-electron chi connectivity index (χ0n) is 8.62. The molecule has 2 aliphatic rings. The summed E-state index contributed by atoms with van der Waals surface area (Å²) in [5.41, 5.74) is 6.98. The van der Waals surface area contributed by atoms with Gasteiger partial charge in [-0.05, 0) is 37.3 Å². The van der Waals surface area contributed by atoms with E-state index in [1.807, 2.05) is 6.07 Å². The van der Waals surface area contributed by atoms with Crippen molar-refractivity contribution in [3.63, 3.8) is 0 Å². The van der Waals surface area contributed by atoms with Crippen LogP contribution >= 0.6 is 0 Å². The molecule has 0 amide bonds. The number of para-hydroxylation sites is 1. The second-order valence-corrected chi connectivity index (χ2v) is 4.66. The van der Waals surface area contributed by atoms with Gasteiger partial charge in [-0.15, -0.1) is 0 Å². The smallest absolute Gasteiger partial charge is 0.148 e. The van der Waals surface area contributed by atoms with Gasteiger partial charge < -0.3 is 10.6 Å². The van der Waals surface area contributed by atoms with Gasteiger partial charge in [0.05, 0.1) is 11.4 Å². The Labute approximate surface area is 88.9 Å². The average molecular weight is 206 g/mol. The van der Waals surface area contributed by atoms with E-state index in [1.54, 1.807) is 6.07 Å². The molecule has 1 saturated heterocycles. The summed E-state index contributed by atoms with van der Waals surface area (Å²) >= 11 is 0. The Balaban J connectivity index is 1.96. The Morgan fingerprint density at radius 1 is 1.33 bits per heavy atom. The molecule has 80 valence electrons. The monoisotopic (exact) mass is 206 g/mol. The number of anilines is 2. The first-order valence-electron chi connectivity index (χ1n) is 5.56. The molecule has 3 heteroatoms. The lowest BCUT2D eigenvalue weighted by atomic mass is 10.1. The summed E-state index contributed by atoms with van der Waals surface area (Å²) in [6, 6.07) is 5.69. The summed E-state index contributed by atoms with van der Waals surface area (Å²) in [4.78, 5) is 2.28. The Bertz CT molecular complexity index is 391. The van der Waals surface area contributed by atoms with Crippen LogP contribution in [0.2, 0.25) is 0 Å². The lowest BCUT2D eigenvalue weighted by Gasteiger charge is -2.30. The van der Waals surface area contributed by atoms with Gasteiger partial charge in [0.2, 0.25) is 0 Å². The normalized spacial score (nSPS) is 28.7. The minimum absolute atomic E-state index is 0.296. The van der Waals surface area contributed by atoms with E-state index < -0.39 is 0 Å². The van der Waals surface area contributed by atoms with Gasteiger partial charge in [0, 0.05) is 12.6 Å². The van der Waals surface area contributed by atoms with Gasteiger partial charge in [-0.2, -0.15) is 0 Å². The third kappa shape index (κ3) is 1.29. The van der Waals surface area contributed by atoms with E-state index in [0.29, 0.717) is 11.7 Å². The van der Waals surface area contributed by atoms with Crippen LogP contribution in [0.5, 0.6) is 0 Å². The largest absolute Gasteiger partial charge is 0.395 e. The van der Waals surface area contributed by atoms with Gasteiger partial charge in [-0.1, -0.05) is 6.07 Å². The molecule has 1 aliphatic carbocycles. The van der Waals surface area contributed by atoms with Crippen molar-refractivity contribution in [3.05, 3.63) is 24.0 Å². The number of nitrogen functional groups attached to an aromatic ring is 1. The topological polar surface area (TPSA) is 29.3 Å². The zero-order chi connectivity index (χ0) is 10.4. The second-order valence-electron chi connectivity index (χ2n) is 4.66. The van der Waals surface area contributed by atoms with Crippen molar-refractivity contribution in [1.82, 2.24) is 0 Å². The quantitative estimate of drug-likeness (QED) is 0.715. The minimum Gasteiger partial charge on any atom is -0.395 e. The van der Waals surface area contributed by atoms with Gasteiger partial charge >= 0.3 is 0 Å². The number of nitrogens with zero attached hydrogens (tertiary/aromatic N) is 1. The van der Waals surface area contributed by atoms with E-state index in [1.165, 1.54) is 25.3 Å². The number of halogens is 1. The molecular formula is C12H15FN2. The minimum atomic E-state index is -0.296. The van der Waals surface area contributed by atoms with Crippen LogP contribution in [0.3, 0.4) is 0 Å². The van der Waals surface area contributed by atoms with Gasteiger partial charge in [-0.25, -0.2) is 4.39 Å². The lowest BCUT2D eigenvalue weighted by molar-refractivity contribution is 0.552. The van der Waals surface area contributed by atoms with Gasteiger partial charge in [0.15, 0.2) is 0 Å². The van der Waals surface area contributed by atoms with E-state index >= 15 is 0 Å². The fourth-order valence-electron chi connectivity index (χ4n) is 3.00. The number of hydrogen-bond acceptors (Lipinski definition) is 2. The molecule has 0 radical (unpaired) electrons. The van der Waals surface area contributed by atoms with Crippen molar-refractivity contribution in [3.8, 4) is 0 Å². The second kappa shape index (κ2) is 3.12. The number of rotatable bonds is 1. The van der Waals surface area contributed by atoms with Crippen molar-refractivity contribution < 1.29 is 4.39 Å². The van der Waals surface area contributed by atoms with Crippen molar-refractivity contribution in [1.29, 1.82) is 0 Å². The van der Waals surface area contributed by atoms with Gasteiger partial charge in [0.25, 0.3) is 0 Å². The van der Waals surface area contributed by atoms with Crippen molar-refractivity contribution >= 4 is 11.4 Å². The van der Waals surface area contributed by atoms with Crippen LogP contribution in [-0.4, -0.2) is 12.6 Å². The number of piperidine rings is 1. The molecule has 3 rings (SSSR count). The number of nitrogens with two attached hydrogens (primary N) is 1. The fourth-order valence-corrected chi connectivity index (χ4v) is 3.00. The molecule has 1 aromatic rings. The molecule has 2 atom stereocenters. The zero-order valence-corrected chi connectivity index (χ0v) is 8.62. The highest BCUT2D eigenvalue weighted by Crippen LogP contribution is 2.42. The lowest BCUT2D eigenvalue weighted by Crippen LogP contribution is -2.32. The molecular weight excluding hydrogens is 191 g/mol. The third-order valence-electron chi connectivity index (χ3n) is 3.75. The van der Waals surface area contributed by atoms with E-state index in [-0.39, 0.29) is 5.82 Å². The summed E-state index contributed by atoms with van der Waals surface area (Å²) in [5.74, 6) is 0.507. The van der Waals surface area contributed by atoms with Crippen LogP contribution in [0.4, 0.5) is 15.8 Å². The van der Waals surface area contributed by atoms with Crippen LogP contribution in [-0.2, 0) is 0 Å². The summed E-state index contributed by atoms with van der Waals surface area (Å²) in [6.45, 7) is 1.05. The number of fused-ring (bicyclic) bond motifs is 2. The van der Waals surface area contributed by atoms with Crippen molar-refractivity contribution in [2.75, 3.05) is 17.2 Å². The summed E-state index contributed by atoms with van der Waals surface area (Å²) < 4.78 is 13.3. The molecule has 2 nitrogen and oxygen atoms in total. The average Bonchev–Trinajstić information content (AvgIpc) is 2.83. The summed E-state index contributed by atoms with van der Waals surface area (Å²) in [6.07, 6.45) is 3.83. The highest BCUT2D eigenvalue weighted by molar-refractivity contribution is 5.69. The molecule has 1 aromatic carbocycles.